The van der Waals surface area contributed by atoms with Crippen LogP contribution < -0.4 is 10.1 Å². The van der Waals surface area contributed by atoms with Gasteiger partial charge in [-0.3, -0.25) is 4.79 Å². The molecule has 132 valence electrons. The normalized spacial score (nSPS) is 12.3. The van der Waals surface area contributed by atoms with Gasteiger partial charge in [-0.05, 0) is 38.5 Å². The summed E-state index contributed by atoms with van der Waals surface area (Å²) >= 11 is 4.39. The first-order valence-electron chi connectivity index (χ1n) is 7.90. The lowest BCUT2D eigenvalue weighted by molar-refractivity contribution is -0.115. The Kier molecular flexibility index (Phi) is 5.87. The van der Waals surface area contributed by atoms with Crippen LogP contribution in [0.2, 0.25) is 0 Å². The zero-order chi connectivity index (χ0) is 17.8. The third-order valence-electron chi connectivity index (χ3n) is 3.31. The molecular formula is C16H18N4O2S3. The molecule has 6 nitrogen and oxygen atoms in total. The van der Waals surface area contributed by atoms with Crippen LogP contribution in [0.3, 0.4) is 0 Å². The third-order valence-corrected chi connectivity index (χ3v) is 6.54. The van der Waals surface area contributed by atoms with Gasteiger partial charge >= 0.3 is 0 Å². The van der Waals surface area contributed by atoms with Crippen molar-refractivity contribution < 1.29 is 9.53 Å². The average molecular weight is 395 g/mol. The largest absolute Gasteiger partial charge is 0.494 e. The maximum Gasteiger partial charge on any atom is 0.239 e. The number of thiazole rings is 1. The second kappa shape index (κ2) is 8.11. The maximum atomic E-state index is 12.6. The van der Waals surface area contributed by atoms with E-state index in [9.17, 15) is 4.79 Å². The number of hydrogen-bond donors (Lipinski definition) is 1. The van der Waals surface area contributed by atoms with E-state index in [0.717, 1.165) is 25.3 Å². The average Bonchev–Trinajstić information content (AvgIpc) is 3.17. The van der Waals surface area contributed by atoms with Crippen LogP contribution in [0.4, 0.5) is 5.13 Å². The van der Waals surface area contributed by atoms with Gasteiger partial charge in [-0.2, -0.15) is 0 Å². The zero-order valence-electron chi connectivity index (χ0n) is 14.1. The monoisotopic (exact) mass is 394 g/mol. The van der Waals surface area contributed by atoms with Gasteiger partial charge in [0.25, 0.3) is 0 Å². The number of carbonyl (C=O) groups is 1. The quantitative estimate of drug-likeness (QED) is 0.600. The molecule has 0 radical (unpaired) electrons. The molecule has 3 aromatic rings. The molecule has 1 N–H and O–H groups in total. The third kappa shape index (κ3) is 4.47. The Morgan fingerprint density at radius 2 is 2.16 bits per heavy atom. The second-order valence-corrected chi connectivity index (χ2v) is 8.83. The summed E-state index contributed by atoms with van der Waals surface area (Å²) in [6.07, 6.45) is 0.703. The lowest BCUT2D eigenvalue weighted by Crippen LogP contribution is -2.24. The zero-order valence-corrected chi connectivity index (χ0v) is 16.6. The molecule has 0 bridgehead atoms. The first kappa shape index (κ1) is 18.1. The molecule has 2 heterocycles. The van der Waals surface area contributed by atoms with Crippen molar-refractivity contribution in [3.05, 3.63) is 23.2 Å². The Bertz CT molecular complexity index is 877. The van der Waals surface area contributed by atoms with Gasteiger partial charge in [0.05, 0.1) is 22.1 Å². The summed E-state index contributed by atoms with van der Waals surface area (Å²) in [6, 6.07) is 5.74. The van der Waals surface area contributed by atoms with Crippen LogP contribution in [-0.4, -0.2) is 32.9 Å². The van der Waals surface area contributed by atoms with Gasteiger partial charge in [-0.25, -0.2) is 4.98 Å². The molecule has 25 heavy (non-hydrogen) atoms. The second-order valence-electron chi connectivity index (χ2n) is 5.17. The van der Waals surface area contributed by atoms with Crippen LogP contribution in [-0.2, 0) is 4.79 Å². The number of thioether (sulfide) groups is 1. The van der Waals surface area contributed by atoms with Crippen LogP contribution in [0.1, 0.15) is 25.3 Å². The summed E-state index contributed by atoms with van der Waals surface area (Å²) < 4.78 is 7.30. The fraction of sp³-hybridized carbons (Fsp3) is 0.375. The Labute approximate surface area is 158 Å². The van der Waals surface area contributed by atoms with E-state index in [4.69, 9.17) is 4.74 Å². The molecule has 1 unspecified atom stereocenters. The van der Waals surface area contributed by atoms with Crippen molar-refractivity contribution in [1.82, 2.24) is 15.2 Å². The molecule has 1 atom stereocenters. The minimum atomic E-state index is -0.224. The van der Waals surface area contributed by atoms with Crippen LogP contribution >= 0.6 is 34.4 Å². The van der Waals surface area contributed by atoms with Crippen LogP contribution in [0.25, 0.3) is 10.2 Å². The summed E-state index contributed by atoms with van der Waals surface area (Å²) in [4.78, 5) is 17.0. The summed E-state index contributed by atoms with van der Waals surface area (Å²) in [7, 11) is 0. The highest BCUT2D eigenvalue weighted by Crippen LogP contribution is 2.32. The number of rotatable bonds is 7. The van der Waals surface area contributed by atoms with Gasteiger partial charge in [-0.15, -0.1) is 10.2 Å². The number of carbonyl (C=O) groups excluding carboxylic acids is 1. The molecule has 1 amide bonds. The number of hydrogen-bond acceptors (Lipinski definition) is 8. The standard InChI is InChI=1S/C16H18N4O2S3/c1-4-12(25-16-20-19-9(3)23-16)14(21)18-15-17-11-7-6-10(22-5-2)8-13(11)24-15/h6-8,12H,4-5H2,1-3H3,(H,17,18,21). The van der Waals surface area contributed by atoms with Crippen molar-refractivity contribution in [2.75, 3.05) is 11.9 Å². The number of aromatic nitrogens is 3. The van der Waals surface area contributed by atoms with E-state index < -0.39 is 0 Å². The van der Waals surface area contributed by atoms with Crippen molar-refractivity contribution >= 4 is 55.7 Å². The van der Waals surface area contributed by atoms with Gasteiger partial charge in [0, 0.05) is 0 Å². The van der Waals surface area contributed by atoms with Gasteiger partial charge in [0.15, 0.2) is 9.47 Å². The van der Waals surface area contributed by atoms with Crippen LogP contribution in [0.15, 0.2) is 22.5 Å². The van der Waals surface area contributed by atoms with E-state index in [1.807, 2.05) is 39.0 Å². The van der Waals surface area contributed by atoms with E-state index in [1.165, 1.54) is 34.4 Å². The van der Waals surface area contributed by atoms with Gasteiger partial charge in [0.1, 0.15) is 10.8 Å². The summed E-state index contributed by atoms with van der Waals surface area (Å²) in [5.41, 5.74) is 0.851. The molecule has 1 aromatic carbocycles. The Morgan fingerprint density at radius 3 is 2.84 bits per heavy atom. The van der Waals surface area contributed by atoms with Crippen LogP contribution in [0.5, 0.6) is 5.75 Å². The highest BCUT2D eigenvalue weighted by Gasteiger charge is 2.21. The molecule has 0 fully saturated rings. The smallest absolute Gasteiger partial charge is 0.239 e. The number of benzene rings is 1. The predicted molar refractivity (Wildman–Crippen MR) is 104 cm³/mol. The van der Waals surface area contributed by atoms with Crippen molar-refractivity contribution in [2.45, 2.75) is 36.8 Å². The molecule has 0 aliphatic heterocycles. The number of aryl methyl sites for hydroxylation is 1. The summed E-state index contributed by atoms with van der Waals surface area (Å²) in [5, 5.41) is 12.3. The fourth-order valence-electron chi connectivity index (χ4n) is 2.17. The predicted octanol–water partition coefficient (Wildman–Crippen LogP) is 4.36. The van der Waals surface area contributed by atoms with Gasteiger partial charge in [0.2, 0.25) is 5.91 Å². The summed E-state index contributed by atoms with van der Waals surface area (Å²) in [5.74, 6) is 0.745. The van der Waals surface area contributed by atoms with E-state index >= 15 is 0 Å². The molecule has 2 aromatic heterocycles. The molecule has 3 rings (SSSR count). The van der Waals surface area contributed by atoms with E-state index in [2.05, 4.69) is 20.5 Å². The highest BCUT2D eigenvalue weighted by molar-refractivity contribution is 8.02. The number of ether oxygens (including phenoxy) is 1. The first-order valence-corrected chi connectivity index (χ1v) is 10.4. The van der Waals surface area contributed by atoms with E-state index in [0.29, 0.717) is 18.2 Å². The molecule has 0 saturated heterocycles. The van der Waals surface area contributed by atoms with Crippen molar-refractivity contribution in [2.24, 2.45) is 0 Å². The first-order chi connectivity index (χ1) is 12.1. The number of amides is 1. The number of nitrogens with one attached hydrogen (secondary N) is 1. The lowest BCUT2D eigenvalue weighted by Gasteiger charge is -2.11. The Morgan fingerprint density at radius 1 is 1.32 bits per heavy atom. The molecular weight excluding hydrogens is 376 g/mol. The Balaban J connectivity index is 1.71. The molecule has 0 spiro atoms. The van der Waals surface area contributed by atoms with Crippen LogP contribution in [0, 0.1) is 6.92 Å². The van der Waals surface area contributed by atoms with Crippen molar-refractivity contribution in [3.63, 3.8) is 0 Å². The molecule has 0 saturated carbocycles. The fourth-order valence-corrected chi connectivity index (χ4v) is 5.05. The number of fused-ring (bicyclic) bond motifs is 1. The lowest BCUT2D eigenvalue weighted by atomic mass is 10.3. The molecule has 9 heteroatoms. The molecule has 0 aliphatic carbocycles. The highest BCUT2D eigenvalue weighted by atomic mass is 32.2. The maximum absolute atomic E-state index is 12.6. The SMILES string of the molecule is CCOc1ccc2nc(NC(=O)C(CC)Sc3nnc(C)s3)sc2c1. The van der Waals surface area contributed by atoms with Crippen molar-refractivity contribution in [3.8, 4) is 5.75 Å². The molecule has 0 aliphatic rings. The van der Waals surface area contributed by atoms with Gasteiger partial charge < -0.3 is 10.1 Å². The minimum Gasteiger partial charge on any atom is -0.494 e. The van der Waals surface area contributed by atoms with E-state index in [1.54, 1.807) is 0 Å². The van der Waals surface area contributed by atoms with Crippen molar-refractivity contribution in [1.29, 1.82) is 0 Å². The number of nitrogens with zero attached hydrogens (tertiary/aromatic N) is 3. The summed E-state index contributed by atoms with van der Waals surface area (Å²) in [6.45, 7) is 6.46. The Hall–Kier alpha value is -1.71. The topological polar surface area (TPSA) is 77.0 Å². The minimum absolute atomic E-state index is 0.0653. The number of anilines is 1. The van der Waals surface area contributed by atoms with Gasteiger partial charge in [-0.1, -0.05) is 41.4 Å². The van der Waals surface area contributed by atoms with E-state index in [-0.39, 0.29) is 11.2 Å².